The Morgan fingerprint density at radius 1 is 1.20 bits per heavy atom. The number of benzene rings is 2. The number of amides is 1. The zero-order chi connectivity index (χ0) is 18.0. The molecule has 0 saturated carbocycles. The fraction of sp³-hybridized carbons (Fsp3) is 0.235. The van der Waals surface area contributed by atoms with Crippen molar-refractivity contribution in [1.82, 2.24) is 0 Å². The molecule has 0 radical (unpaired) electrons. The smallest absolute Gasteiger partial charge is 0.265 e. The van der Waals surface area contributed by atoms with E-state index < -0.39 is 16.1 Å². The minimum atomic E-state index is -3.32. The molecule has 1 unspecified atom stereocenters. The van der Waals surface area contributed by atoms with Gasteiger partial charge in [-0.2, -0.15) is 0 Å². The predicted octanol–water partition coefficient (Wildman–Crippen LogP) is 3.04. The number of fused-ring (bicyclic) bond motifs is 1. The number of anilines is 2. The second-order valence-electron chi connectivity index (χ2n) is 5.63. The van der Waals surface area contributed by atoms with Crippen LogP contribution in [0.3, 0.4) is 0 Å². The summed E-state index contributed by atoms with van der Waals surface area (Å²) < 4.78 is 31.1. The van der Waals surface area contributed by atoms with Gasteiger partial charge in [-0.15, -0.1) is 0 Å². The molecule has 1 atom stereocenters. The highest BCUT2D eigenvalue weighted by Gasteiger charge is 2.29. The lowest BCUT2D eigenvalue weighted by Crippen LogP contribution is -2.31. The van der Waals surface area contributed by atoms with E-state index in [2.05, 4.69) is 10.0 Å². The zero-order valence-electron chi connectivity index (χ0n) is 13.5. The van der Waals surface area contributed by atoms with Crippen LogP contribution in [0.4, 0.5) is 11.4 Å². The van der Waals surface area contributed by atoms with Crippen molar-refractivity contribution in [3.63, 3.8) is 0 Å². The molecule has 0 aliphatic carbocycles. The summed E-state index contributed by atoms with van der Waals surface area (Å²) >= 11 is 5.95. The molecule has 3 rings (SSSR count). The normalized spacial score (nSPS) is 16.0. The number of sulfonamides is 1. The lowest BCUT2D eigenvalue weighted by molar-refractivity contribution is -0.122. The van der Waals surface area contributed by atoms with E-state index in [1.165, 1.54) is 0 Å². The zero-order valence-corrected chi connectivity index (χ0v) is 15.0. The Labute approximate surface area is 151 Å². The maximum atomic E-state index is 12.3. The third kappa shape index (κ3) is 4.24. The van der Waals surface area contributed by atoms with E-state index in [0.29, 0.717) is 28.6 Å². The number of hydrogen-bond acceptors (Lipinski definition) is 4. The minimum absolute atomic E-state index is 0.00488. The third-order valence-corrected chi connectivity index (χ3v) is 5.34. The largest absolute Gasteiger partial charge is 0.480 e. The van der Waals surface area contributed by atoms with Crippen LogP contribution in [0.5, 0.6) is 5.75 Å². The number of carbonyl (C=O) groups is 1. The summed E-state index contributed by atoms with van der Waals surface area (Å²) in [6.45, 7) is 1.56. The molecule has 0 bridgehead atoms. The molecular weight excluding hydrogens is 364 g/mol. The second-order valence-corrected chi connectivity index (χ2v) is 8.08. The molecule has 1 heterocycles. The van der Waals surface area contributed by atoms with Crippen LogP contribution in [-0.2, 0) is 21.2 Å². The van der Waals surface area contributed by atoms with Crippen molar-refractivity contribution in [3.8, 4) is 5.75 Å². The first-order chi connectivity index (χ1) is 11.9. The minimum Gasteiger partial charge on any atom is -0.480 e. The highest BCUT2D eigenvalue weighted by molar-refractivity contribution is 7.92. The highest BCUT2D eigenvalue weighted by Crippen LogP contribution is 2.31. The van der Waals surface area contributed by atoms with E-state index in [4.69, 9.17) is 16.3 Å². The first-order valence-corrected chi connectivity index (χ1v) is 9.76. The Morgan fingerprint density at radius 2 is 1.88 bits per heavy atom. The van der Waals surface area contributed by atoms with Crippen molar-refractivity contribution >= 4 is 38.9 Å². The molecule has 8 heteroatoms. The van der Waals surface area contributed by atoms with Crippen molar-refractivity contribution < 1.29 is 17.9 Å². The average molecular weight is 381 g/mol. The Balaban J connectivity index is 1.62. The van der Waals surface area contributed by atoms with Gasteiger partial charge in [-0.05, 0) is 55.0 Å². The predicted molar refractivity (Wildman–Crippen MR) is 97.7 cm³/mol. The molecule has 1 aliphatic rings. The second kappa shape index (κ2) is 6.93. The Bertz CT molecular complexity index is 897. The van der Waals surface area contributed by atoms with E-state index >= 15 is 0 Å². The monoisotopic (exact) mass is 380 g/mol. The van der Waals surface area contributed by atoms with E-state index in [9.17, 15) is 13.2 Å². The fourth-order valence-corrected chi connectivity index (χ4v) is 3.29. The van der Waals surface area contributed by atoms with Gasteiger partial charge in [0, 0.05) is 22.8 Å². The first-order valence-electron chi connectivity index (χ1n) is 7.73. The molecule has 0 aromatic heterocycles. The lowest BCUT2D eigenvalue weighted by atomic mass is 10.1. The summed E-state index contributed by atoms with van der Waals surface area (Å²) in [6.07, 6.45) is -0.164. The topological polar surface area (TPSA) is 84.5 Å². The molecule has 2 aromatic rings. The average Bonchev–Trinajstić information content (AvgIpc) is 2.99. The summed E-state index contributed by atoms with van der Waals surface area (Å²) in [5, 5.41) is 3.37. The van der Waals surface area contributed by atoms with Gasteiger partial charge < -0.3 is 10.1 Å². The van der Waals surface area contributed by atoms with Crippen LogP contribution in [0.25, 0.3) is 0 Å². The number of carbonyl (C=O) groups excluding carboxylic acids is 1. The van der Waals surface area contributed by atoms with Gasteiger partial charge in [0.2, 0.25) is 10.0 Å². The van der Waals surface area contributed by atoms with Crippen molar-refractivity contribution in [2.24, 2.45) is 0 Å². The first kappa shape index (κ1) is 17.6. The van der Waals surface area contributed by atoms with Crippen LogP contribution in [-0.4, -0.2) is 26.2 Å². The molecule has 0 spiro atoms. The Kier molecular flexibility index (Phi) is 4.87. The van der Waals surface area contributed by atoms with Gasteiger partial charge in [0.25, 0.3) is 5.91 Å². The van der Waals surface area contributed by atoms with Crippen molar-refractivity contribution in [2.75, 3.05) is 15.8 Å². The Morgan fingerprint density at radius 3 is 2.56 bits per heavy atom. The van der Waals surface area contributed by atoms with Crippen LogP contribution in [0.1, 0.15) is 12.5 Å². The number of halogens is 1. The van der Waals surface area contributed by atoms with Crippen molar-refractivity contribution in [3.05, 3.63) is 53.1 Å². The number of hydrogen-bond donors (Lipinski definition) is 2. The van der Waals surface area contributed by atoms with Crippen LogP contribution in [0, 0.1) is 0 Å². The third-order valence-electron chi connectivity index (χ3n) is 3.80. The molecule has 1 aliphatic heterocycles. The molecule has 132 valence electrons. The molecule has 25 heavy (non-hydrogen) atoms. The van der Waals surface area contributed by atoms with E-state index in [-0.39, 0.29) is 11.7 Å². The van der Waals surface area contributed by atoms with Gasteiger partial charge in [0.15, 0.2) is 6.10 Å². The van der Waals surface area contributed by atoms with Gasteiger partial charge in [-0.3, -0.25) is 9.52 Å². The fourth-order valence-electron chi connectivity index (χ4n) is 2.46. The Hall–Kier alpha value is -2.25. The van der Waals surface area contributed by atoms with Crippen LogP contribution in [0.2, 0.25) is 5.02 Å². The van der Waals surface area contributed by atoms with Crippen molar-refractivity contribution in [2.45, 2.75) is 19.4 Å². The molecule has 2 N–H and O–H groups in total. The quantitative estimate of drug-likeness (QED) is 0.834. The summed E-state index contributed by atoms with van der Waals surface area (Å²) in [5.41, 5.74) is 1.90. The molecule has 6 nitrogen and oxygen atoms in total. The number of ether oxygens (including phenoxy) is 1. The van der Waals surface area contributed by atoms with E-state index in [0.717, 1.165) is 5.56 Å². The number of rotatable bonds is 5. The summed E-state index contributed by atoms with van der Waals surface area (Å²) in [7, 11) is -3.32. The summed E-state index contributed by atoms with van der Waals surface area (Å²) in [6, 6.07) is 11.7. The van der Waals surface area contributed by atoms with E-state index in [1.54, 1.807) is 49.4 Å². The van der Waals surface area contributed by atoms with Gasteiger partial charge >= 0.3 is 0 Å². The molecule has 1 amide bonds. The summed E-state index contributed by atoms with van der Waals surface area (Å²) in [4.78, 5) is 12.3. The van der Waals surface area contributed by atoms with Crippen LogP contribution >= 0.6 is 11.6 Å². The molecule has 0 fully saturated rings. The van der Waals surface area contributed by atoms with Gasteiger partial charge in [0.1, 0.15) is 5.75 Å². The van der Waals surface area contributed by atoms with Crippen LogP contribution in [0.15, 0.2) is 42.5 Å². The highest BCUT2D eigenvalue weighted by atomic mass is 35.5. The lowest BCUT2D eigenvalue weighted by Gasteiger charge is -2.12. The maximum Gasteiger partial charge on any atom is 0.265 e. The maximum absolute atomic E-state index is 12.3. The molecule has 0 saturated heterocycles. The van der Waals surface area contributed by atoms with Gasteiger partial charge in [-0.1, -0.05) is 11.6 Å². The van der Waals surface area contributed by atoms with Gasteiger partial charge in [0.05, 0.1) is 5.75 Å². The van der Waals surface area contributed by atoms with Crippen LogP contribution < -0.4 is 14.8 Å². The SMILES string of the molecule is CCS(=O)(=O)Nc1ccc(NC(=O)C2Cc3cc(Cl)ccc3O2)cc1. The standard InChI is InChI=1S/C17H17ClN2O4S/c1-2-25(22,23)20-14-6-4-13(5-7-14)19-17(21)16-10-11-9-12(18)3-8-15(11)24-16/h3-9,16,20H,2,10H2,1H3,(H,19,21). The molecular formula is C17H17ClN2O4S. The van der Waals surface area contributed by atoms with E-state index in [1.807, 2.05) is 0 Å². The van der Waals surface area contributed by atoms with Gasteiger partial charge in [-0.25, -0.2) is 8.42 Å². The van der Waals surface area contributed by atoms with Crippen molar-refractivity contribution in [1.29, 1.82) is 0 Å². The summed E-state index contributed by atoms with van der Waals surface area (Å²) in [5.74, 6) is 0.387. The number of nitrogens with one attached hydrogen (secondary N) is 2. The molecule has 2 aromatic carbocycles.